The predicted molar refractivity (Wildman–Crippen MR) is 132 cm³/mol. The highest BCUT2D eigenvalue weighted by atomic mass is 32.2. The van der Waals surface area contributed by atoms with Gasteiger partial charge >= 0.3 is 0 Å². The highest BCUT2D eigenvalue weighted by Gasteiger charge is 2.34. The van der Waals surface area contributed by atoms with Crippen molar-refractivity contribution < 1.29 is 13.0 Å². The Morgan fingerprint density at radius 3 is 2.26 bits per heavy atom. The number of hydrogen-bond donors (Lipinski definition) is 3. The van der Waals surface area contributed by atoms with Crippen LogP contribution in [0, 0.1) is 0 Å². The summed E-state index contributed by atoms with van der Waals surface area (Å²) in [5, 5.41) is 5.50. The summed E-state index contributed by atoms with van der Waals surface area (Å²) in [4.78, 5) is 12.7. The minimum atomic E-state index is -4.27. The SMILES string of the molecule is O=S(=O)(O)c1ccc(C23C=C4C=CC(=N4)C=C4C=CC(=N4)C=c4ccc([nH]4)=CC(=CC2)N3)cc1. The average Bonchev–Trinajstić information content (AvgIpc) is 3.59. The molecule has 3 N–H and O–H groups in total. The molecule has 2 aromatic rings. The maximum atomic E-state index is 11.5. The molecule has 0 fully saturated rings. The van der Waals surface area contributed by atoms with E-state index in [1.54, 1.807) is 12.1 Å². The van der Waals surface area contributed by atoms with Gasteiger partial charge in [-0.15, -0.1) is 0 Å². The summed E-state index contributed by atoms with van der Waals surface area (Å²) in [6, 6.07) is 10.3. The van der Waals surface area contributed by atoms with Crippen LogP contribution in [0.5, 0.6) is 0 Å². The molecule has 5 heterocycles. The van der Waals surface area contributed by atoms with E-state index < -0.39 is 15.7 Å². The molecule has 0 aliphatic carbocycles. The Morgan fingerprint density at radius 1 is 0.824 bits per heavy atom. The second-order valence-electron chi connectivity index (χ2n) is 8.50. The Hall–Kier alpha value is -4.01. The summed E-state index contributed by atoms with van der Waals surface area (Å²) < 4.78 is 32.4. The molecule has 168 valence electrons. The number of allylic oxidation sites excluding steroid dienone is 6. The van der Waals surface area contributed by atoms with Gasteiger partial charge in [0.15, 0.2) is 0 Å². The summed E-state index contributed by atoms with van der Waals surface area (Å²) in [6.45, 7) is 0. The lowest BCUT2D eigenvalue weighted by Crippen LogP contribution is -2.36. The van der Waals surface area contributed by atoms with Crippen LogP contribution in [0.1, 0.15) is 12.0 Å². The Labute approximate surface area is 196 Å². The van der Waals surface area contributed by atoms with Gasteiger partial charge in [0, 0.05) is 16.4 Å². The highest BCUT2D eigenvalue weighted by molar-refractivity contribution is 7.85. The smallest absolute Gasteiger partial charge is 0.294 e. The van der Waals surface area contributed by atoms with Crippen LogP contribution in [0.3, 0.4) is 0 Å². The molecule has 34 heavy (non-hydrogen) atoms. The summed E-state index contributed by atoms with van der Waals surface area (Å²) in [5.41, 5.74) is 4.46. The van der Waals surface area contributed by atoms with Gasteiger partial charge in [-0.25, -0.2) is 9.98 Å². The molecule has 8 heteroatoms. The largest absolute Gasteiger partial charge is 0.372 e. The maximum Gasteiger partial charge on any atom is 0.294 e. The molecule has 1 unspecified atom stereocenters. The molecule has 7 nitrogen and oxygen atoms in total. The van der Waals surface area contributed by atoms with Crippen molar-refractivity contribution in [2.75, 3.05) is 0 Å². The number of aromatic nitrogens is 1. The number of rotatable bonds is 2. The van der Waals surface area contributed by atoms with Gasteiger partial charge in [-0.2, -0.15) is 8.42 Å². The normalized spacial score (nSPS) is 22.7. The first-order chi connectivity index (χ1) is 16.3. The van der Waals surface area contributed by atoms with Gasteiger partial charge in [-0.1, -0.05) is 18.2 Å². The minimum Gasteiger partial charge on any atom is -0.372 e. The predicted octanol–water partition coefficient (Wildman–Crippen LogP) is 2.40. The fraction of sp³-hybridized carbons (Fsp3) is 0.0769. The van der Waals surface area contributed by atoms with Crippen molar-refractivity contribution in [3.63, 3.8) is 0 Å². The second-order valence-corrected chi connectivity index (χ2v) is 9.92. The minimum absolute atomic E-state index is 0.140. The van der Waals surface area contributed by atoms with Crippen LogP contribution in [-0.4, -0.2) is 29.4 Å². The molecule has 0 saturated carbocycles. The van der Waals surface area contributed by atoms with Crippen LogP contribution >= 0.6 is 0 Å². The van der Waals surface area contributed by atoms with E-state index in [4.69, 9.17) is 4.99 Å². The molecule has 1 atom stereocenters. The summed E-state index contributed by atoms with van der Waals surface area (Å²) in [7, 11) is -4.27. The van der Waals surface area contributed by atoms with Crippen LogP contribution in [-0.2, 0) is 15.7 Å². The lowest BCUT2D eigenvalue weighted by atomic mass is 9.87. The van der Waals surface area contributed by atoms with Gasteiger partial charge in [0.25, 0.3) is 10.1 Å². The number of H-pyrrole nitrogens is 1. The van der Waals surface area contributed by atoms with Crippen molar-refractivity contribution in [3.8, 4) is 0 Å². The monoisotopic (exact) mass is 468 g/mol. The molecule has 6 rings (SSSR count). The molecule has 0 saturated heterocycles. The molecule has 4 aliphatic heterocycles. The third-order valence-electron chi connectivity index (χ3n) is 6.08. The average molecular weight is 469 g/mol. The molecular weight excluding hydrogens is 448 g/mol. The third kappa shape index (κ3) is 3.83. The molecule has 0 spiro atoms. The zero-order valence-corrected chi connectivity index (χ0v) is 18.8. The topological polar surface area (TPSA) is 107 Å². The number of benzene rings is 1. The molecule has 8 bridgehead atoms. The first kappa shape index (κ1) is 20.6. The molecule has 4 aliphatic rings. The quantitative estimate of drug-likeness (QED) is 0.589. The second kappa shape index (κ2) is 7.51. The maximum absolute atomic E-state index is 11.5. The van der Waals surface area contributed by atoms with Crippen molar-refractivity contribution in [2.45, 2.75) is 16.9 Å². The van der Waals surface area contributed by atoms with E-state index in [9.17, 15) is 13.0 Å². The van der Waals surface area contributed by atoms with E-state index in [1.807, 2.05) is 60.7 Å². The van der Waals surface area contributed by atoms with Crippen LogP contribution in [0.2, 0.25) is 0 Å². The number of nitrogens with one attached hydrogen (secondary N) is 2. The first-order valence-corrected chi connectivity index (χ1v) is 12.2. The van der Waals surface area contributed by atoms with E-state index in [-0.39, 0.29) is 4.90 Å². The van der Waals surface area contributed by atoms with Crippen molar-refractivity contribution in [2.24, 2.45) is 9.98 Å². The van der Waals surface area contributed by atoms with Gasteiger partial charge in [0.05, 0.1) is 33.3 Å². The van der Waals surface area contributed by atoms with Crippen molar-refractivity contribution in [1.29, 1.82) is 0 Å². The Balaban J connectivity index is 1.50. The van der Waals surface area contributed by atoms with E-state index in [0.717, 1.165) is 44.8 Å². The standard InChI is InChI=1S/C26H20N4O3S/c31-34(32,33)25-9-1-17(2-10-25)26-12-11-23(30-26)15-22-6-5-19(28-22)13-18-3-4-20(27-18)14-21-7-8-24(16-26)29-21/h1-11,13-16,28,30H,12H2,(H,31,32,33). The van der Waals surface area contributed by atoms with E-state index in [0.29, 0.717) is 6.42 Å². The van der Waals surface area contributed by atoms with Crippen molar-refractivity contribution in [1.82, 2.24) is 10.3 Å². The van der Waals surface area contributed by atoms with Gasteiger partial charge in [0.2, 0.25) is 0 Å². The van der Waals surface area contributed by atoms with Gasteiger partial charge < -0.3 is 10.3 Å². The number of fused-ring (bicyclic) bond motifs is 6. The third-order valence-corrected chi connectivity index (χ3v) is 6.95. The van der Waals surface area contributed by atoms with Crippen LogP contribution in [0.15, 0.2) is 111 Å². The molecule has 0 radical (unpaired) electrons. The van der Waals surface area contributed by atoms with Gasteiger partial charge in [0.1, 0.15) is 0 Å². The van der Waals surface area contributed by atoms with Crippen LogP contribution < -0.4 is 16.0 Å². The lowest BCUT2D eigenvalue weighted by molar-refractivity contribution is 0.482. The molecular formula is C26H20N4O3S. The number of aromatic amines is 1. The Bertz CT molecular complexity index is 1660. The van der Waals surface area contributed by atoms with Gasteiger partial charge in [-0.05, 0) is 84.9 Å². The Morgan fingerprint density at radius 2 is 1.50 bits per heavy atom. The zero-order valence-electron chi connectivity index (χ0n) is 17.9. The molecule has 1 aromatic carbocycles. The lowest BCUT2D eigenvalue weighted by Gasteiger charge is -2.29. The van der Waals surface area contributed by atoms with E-state index in [1.165, 1.54) is 12.1 Å². The highest BCUT2D eigenvalue weighted by Crippen LogP contribution is 2.36. The number of hydrogen-bond acceptors (Lipinski definition) is 5. The summed E-state index contributed by atoms with van der Waals surface area (Å²) in [5.74, 6) is 0. The van der Waals surface area contributed by atoms with Crippen molar-refractivity contribution in [3.05, 3.63) is 112 Å². The fourth-order valence-corrected chi connectivity index (χ4v) is 4.94. The molecule has 0 amide bonds. The van der Waals surface area contributed by atoms with E-state index in [2.05, 4.69) is 21.4 Å². The number of aliphatic imine (C=N–C) groups is 2. The fourth-order valence-electron chi connectivity index (χ4n) is 4.46. The van der Waals surface area contributed by atoms with Crippen LogP contribution in [0.4, 0.5) is 0 Å². The molecule has 1 aromatic heterocycles. The summed E-state index contributed by atoms with van der Waals surface area (Å²) >= 11 is 0. The zero-order chi connectivity index (χ0) is 23.3. The van der Waals surface area contributed by atoms with E-state index >= 15 is 0 Å². The van der Waals surface area contributed by atoms with Gasteiger partial charge in [-0.3, -0.25) is 4.55 Å². The first-order valence-electron chi connectivity index (χ1n) is 10.8. The Kier molecular flexibility index (Phi) is 4.55. The number of nitrogens with zero attached hydrogens (tertiary/aromatic N) is 2. The van der Waals surface area contributed by atoms with Crippen molar-refractivity contribution >= 4 is 33.7 Å². The summed E-state index contributed by atoms with van der Waals surface area (Å²) in [6.07, 6.45) is 18.6. The van der Waals surface area contributed by atoms with Crippen LogP contribution in [0.25, 0.3) is 12.2 Å².